The molecule has 0 bridgehead atoms. The maximum absolute atomic E-state index is 6.04. The van der Waals surface area contributed by atoms with E-state index in [9.17, 15) is 0 Å². The van der Waals surface area contributed by atoms with Gasteiger partial charge in [0.05, 0.1) is 11.6 Å². The van der Waals surface area contributed by atoms with E-state index in [1.165, 1.54) is 6.42 Å². The highest BCUT2D eigenvalue weighted by Crippen LogP contribution is 2.23. The van der Waals surface area contributed by atoms with Crippen LogP contribution in [-0.4, -0.2) is 43.7 Å². The van der Waals surface area contributed by atoms with Crippen LogP contribution in [0, 0.1) is 0 Å². The molecule has 0 amide bonds. The Bertz CT molecular complexity index is 386. The second-order valence-electron chi connectivity index (χ2n) is 5.08. The third kappa shape index (κ3) is 4.68. The summed E-state index contributed by atoms with van der Waals surface area (Å²) < 4.78 is 5.69. The molecule has 1 aliphatic rings. The van der Waals surface area contributed by atoms with E-state index in [1.54, 1.807) is 0 Å². The highest BCUT2D eigenvalue weighted by Gasteiger charge is 2.16. The highest BCUT2D eigenvalue weighted by atomic mass is 35.5. The molecular weight excluding hydrogens is 260 g/mol. The number of piperazine rings is 1. The fraction of sp³-hybridized carbons (Fsp3) is 0.600. The lowest BCUT2D eigenvalue weighted by atomic mass is 10.2. The predicted octanol–water partition coefficient (Wildman–Crippen LogP) is 2.79. The van der Waals surface area contributed by atoms with Crippen molar-refractivity contribution in [2.45, 2.75) is 25.8 Å². The Labute approximate surface area is 120 Å². The van der Waals surface area contributed by atoms with Gasteiger partial charge >= 0.3 is 0 Å². The molecule has 0 saturated carbocycles. The van der Waals surface area contributed by atoms with Crippen LogP contribution in [0.15, 0.2) is 24.3 Å². The first kappa shape index (κ1) is 14.6. The molecule has 106 valence electrons. The molecule has 0 aromatic heterocycles. The van der Waals surface area contributed by atoms with Gasteiger partial charge in [0, 0.05) is 25.7 Å². The Hall–Kier alpha value is -0.770. The van der Waals surface area contributed by atoms with Gasteiger partial charge in [0.15, 0.2) is 0 Å². The fourth-order valence-electron chi connectivity index (χ4n) is 2.38. The number of hydrogen-bond acceptors (Lipinski definition) is 3. The monoisotopic (exact) mass is 282 g/mol. The van der Waals surface area contributed by atoms with Gasteiger partial charge in [-0.05, 0) is 38.4 Å². The average molecular weight is 283 g/mol. The van der Waals surface area contributed by atoms with Gasteiger partial charge in [-0.2, -0.15) is 0 Å². The zero-order valence-electron chi connectivity index (χ0n) is 11.6. The number of halogens is 1. The van der Waals surface area contributed by atoms with Crippen LogP contribution in [0.3, 0.4) is 0 Å². The van der Waals surface area contributed by atoms with Gasteiger partial charge in [-0.15, -0.1) is 0 Å². The van der Waals surface area contributed by atoms with Crippen molar-refractivity contribution in [2.75, 3.05) is 32.8 Å². The van der Waals surface area contributed by atoms with Gasteiger partial charge in [-0.1, -0.05) is 23.7 Å². The van der Waals surface area contributed by atoms with Crippen molar-refractivity contribution in [2.24, 2.45) is 0 Å². The summed E-state index contributed by atoms with van der Waals surface area (Å²) in [7, 11) is 0. The number of ether oxygens (including phenoxy) is 1. The molecule has 0 aliphatic carbocycles. The van der Waals surface area contributed by atoms with Crippen molar-refractivity contribution in [1.29, 1.82) is 0 Å². The lowest BCUT2D eigenvalue weighted by Gasteiger charge is -2.33. The smallest absolute Gasteiger partial charge is 0.137 e. The maximum atomic E-state index is 6.04. The molecule has 1 N–H and O–H groups in total. The molecule has 0 unspecified atom stereocenters. The minimum atomic E-state index is 0.651. The number of rotatable bonds is 6. The second kappa shape index (κ2) is 7.73. The topological polar surface area (TPSA) is 24.5 Å². The molecule has 0 spiro atoms. The third-order valence-electron chi connectivity index (χ3n) is 3.57. The lowest BCUT2D eigenvalue weighted by molar-refractivity contribution is 0.167. The van der Waals surface area contributed by atoms with E-state index in [1.807, 2.05) is 24.3 Å². The van der Waals surface area contributed by atoms with Gasteiger partial charge in [0.25, 0.3) is 0 Å². The van der Waals surface area contributed by atoms with E-state index in [0.29, 0.717) is 11.1 Å². The normalized spacial score (nSPS) is 20.4. The summed E-state index contributed by atoms with van der Waals surface area (Å²) in [6.07, 6.45) is 2.25. The zero-order chi connectivity index (χ0) is 13.5. The SMILES string of the molecule is C[C@@H]1CNCCN1CCCCOc1ccccc1Cl. The number of unbranched alkanes of at least 4 members (excludes halogenated alkanes) is 1. The Morgan fingerprint density at radius 2 is 2.21 bits per heavy atom. The maximum Gasteiger partial charge on any atom is 0.137 e. The second-order valence-corrected chi connectivity index (χ2v) is 5.48. The summed E-state index contributed by atoms with van der Waals surface area (Å²) in [6.45, 7) is 7.56. The molecule has 1 aromatic carbocycles. The summed E-state index contributed by atoms with van der Waals surface area (Å²) in [6, 6.07) is 8.29. The Balaban J connectivity index is 1.61. The molecule has 2 rings (SSSR count). The number of benzene rings is 1. The summed E-state index contributed by atoms with van der Waals surface area (Å²) >= 11 is 6.04. The van der Waals surface area contributed by atoms with Crippen molar-refractivity contribution in [3.8, 4) is 5.75 Å². The van der Waals surface area contributed by atoms with Gasteiger partial charge in [-0.3, -0.25) is 4.90 Å². The van der Waals surface area contributed by atoms with Crippen LogP contribution >= 0.6 is 11.6 Å². The van der Waals surface area contributed by atoms with Gasteiger partial charge in [0.1, 0.15) is 5.75 Å². The number of nitrogens with zero attached hydrogens (tertiary/aromatic N) is 1. The minimum absolute atomic E-state index is 0.651. The van der Waals surface area contributed by atoms with E-state index >= 15 is 0 Å². The minimum Gasteiger partial charge on any atom is -0.492 e. The number of para-hydroxylation sites is 1. The Morgan fingerprint density at radius 1 is 1.37 bits per heavy atom. The van der Waals surface area contributed by atoms with Crippen LogP contribution in [0.2, 0.25) is 5.02 Å². The van der Waals surface area contributed by atoms with Crippen LogP contribution in [0.5, 0.6) is 5.75 Å². The first-order valence-corrected chi connectivity index (χ1v) is 7.47. The molecule has 19 heavy (non-hydrogen) atoms. The summed E-state index contributed by atoms with van der Waals surface area (Å²) in [5.41, 5.74) is 0. The summed E-state index contributed by atoms with van der Waals surface area (Å²) in [5, 5.41) is 4.11. The molecule has 1 aromatic rings. The van der Waals surface area contributed by atoms with Crippen molar-refractivity contribution in [3.05, 3.63) is 29.3 Å². The molecule has 4 heteroatoms. The van der Waals surface area contributed by atoms with E-state index < -0.39 is 0 Å². The van der Waals surface area contributed by atoms with Gasteiger partial charge in [0.2, 0.25) is 0 Å². The summed E-state index contributed by atoms with van der Waals surface area (Å²) in [5.74, 6) is 0.791. The third-order valence-corrected chi connectivity index (χ3v) is 3.89. The number of nitrogens with one attached hydrogen (secondary N) is 1. The summed E-state index contributed by atoms with van der Waals surface area (Å²) in [4.78, 5) is 2.55. The van der Waals surface area contributed by atoms with E-state index in [4.69, 9.17) is 16.3 Å². The van der Waals surface area contributed by atoms with Crippen LogP contribution in [-0.2, 0) is 0 Å². The van der Waals surface area contributed by atoms with Crippen LogP contribution in [0.25, 0.3) is 0 Å². The quantitative estimate of drug-likeness (QED) is 0.812. The fourth-order valence-corrected chi connectivity index (χ4v) is 2.57. The van der Waals surface area contributed by atoms with Crippen molar-refractivity contribution >= 4 is 11.6 Å². The predicted molar refractivity (Wildman–Crippen MR) is 80.1 cm³/mol. The van der Waals surface area contributed by atoms with Crippen LogP contribution in [0.4, 0.5) is 0 Å². The van der Waals surface area contributed by atoms with Gasteiger partial charge < -0.3 is 10.1 Å². The molecular formula is C15H23ClN2O. The molecule has 3 nitrogen and oxygen atoms in total. The van der Waals surface area contributed by atoms with Crippen LogP contribution < -0.4 is 10.1 Å². The molecule has 1 heterocycles. The van der Waals surface area contributed by atoms with Crippen molar-refractivity contribution < 1.29 is 4.74 Å². The largest absolute Gasteiger partial charge is 0.492 e. The molecule has 1 saturated heterocycles. The first-order valence-electron chi connectivity index (χ1n) is 7.09. The Morgan fingerprint density at radius 3 is 3.00 bits per heavy atom. The lowest BCUT2D eigenvalue weighted by Crippen LogP contribution is -2.49. The molecule has 1 aliphatic heterocycles. The molecule has 1 fully saturated rings. The van der Waals surface area contributed by atoms with E-state index in [-0.39, 0.29) is 0 Å². The zero-order valence-corrected chi connectivity index (χ0v) is 12.3. The van der Waals surface area contributed by atoms with Crippen LogP contribution in [0.1, 0.15) is 19.8 Å². The average Bonchev–Trinajstić information content (AvgIpc) is 2.42. The molecule has 1 atom stereocenters. The van der Waals surface area contributed by atoms with E-state index in [2.05, 4.69) is 17.1 Å². The Kier molecular flexibility index (Phi) is 5.95. The first-order chi connectivity index (χ1) is 9.27. The van der Waals surface area contributed by atoms with E-state index in [0.717, 1.165) is 45.0 Å². The molecule has 0 radical (unpaired) electrons. The van der Waals surface area contributed by atoms with Crippen molar-refractivity contribution in [1.82, 2.24) is 10.2 Å². The standard InChI is InChI=1S/C15H23ClN2O/c1-13-12-17-8-10-18(13)9-4-5-11-19-15-7-3-2-6-14(15)16/h2-3,6-7,13,17H,4-5,8-12H2,1H3/t13-/m1/s1. The number of hydrogen-bond donors (Lipinski definition) is 1. The van der Waals surface area contributed by atoms with Crippen molar-refractivity contribution in [3.63, 3.8) is 0 Å². The van der Waals surface area contributed by atoms with Gasteiger partial charge in [-0.25, -0.2) is 0 Å². The highest BCUT2D eigenvalue weighted by molar-refractivity contribution is 6.32.